The number of nitrogens with zero attached hydrogens (tertiary/aromatic N) is 3. The molecular weight excluding hydrogens is 373 g/mol. The molecule has 0 radical (unpaired) electrons. The molecule has 0 bridgehead atoms. The molecule has 0 aliphatic heterocycles. The fraction of sp³-hybridized carbons (Fsp3) is 0.143. The van der Waals surface area contributed by atoms with Crippen LogP contribution in [0.25, 0.3) is 16.9 Å². The van der Waals surface area contributed by atoms with E-state index < -0.39 is 0 Å². The molecular formula is C14H11ClIN3. The molecule has 0 N–H and O–H groups in total. The second-order valence-electron chi connectivity index (χ2n) is 4.28. The fourth-order valence-electron chi connectivity index (χ4n) is 2.12. The van der Waals surface area contributed by atoms with Crippen LogP contribution >= 0.6 is 34.2 Å². The zero-order chi connectivity index (χ0) is 13.4. The van der Waals surface area contributed by atoms with Crippen LogP contribution in [0.5, 0.6) is 0 Å². The van der Waals surface area contributed by atoms with Gasteiger partial charge in [-0.25, -0.2) is 9.97 Å². The lowest BCUT2D eigenvalue weighted by Gasteiger charge is -2.07. The van der Waals surface area contributed by atoms with Gasteiger partial charge in [0, 0.05) is 15.5 Å². The molecule has 3 aromatic rings. The summed E-state index contributed by atoms with van der Waals surface area (Å²) < 4.78 is 3.20. The molecule has 3 rings (SSSR count). The molecule has 0 saturated heterocycles. The molecule has 0 saturated carbocycles. The van der Waals surface area contributed by atoms with Gasteiger partial charge in [0.2, 0.25) is 0 Å². The van der Waals surface area contributed by atoms with Crippen LogP contribution in [-0.4, -0.2) is 14.5 Å². The van der Waals surface area contributed by atoms with E-state index in [1.807, 2.05) is 35.9 Å². The van der Waals surface area contributed by atoms with Crippen molar-refractivity contribution < 1.29 is 0 Å². The lowest BCUT2D eigenvalue weighted by atomic mass is 10.2. The van der Waals surface area contributed by atoms with Crippen LogP contribution in [0.2, 0.25) is 0 Å². The highest BCUT2D eigenvalue weighted by molar-refractivity contribution is 14.1. The summed E-state index contributed by atoms with van der Waals surface area (Å²) in [5.41, 5.74) is 3.93. The van der Waals surface area contributed by atoms with E-state index in [1.165, 1.54) is 3.57 Å². The number of halogens is 2. The van der Waals surface area contributed by atoms with Crippen molar-refractivity contribution in [3.05, 3.63) is 51.5 Å². The van der Waals surface area contributed by atoms with E-state index in [9.17, 15) is 0 Å². The minimum absolute atomic E-state index is 0.362. The lowest BCUT2D eigenvalue weighted by molar-refractivity contribution is 0.969. The standard InChI is InChI=1S/C14H11ClIN3/c1-9-5-6-17-14-13(9)18-12(8-15)19(14)11-4-2-3-10(16)7-11/h2-7H,8H2,1H3. The van der Waals surface area contributed by atoms with Gasteiger partial charge in [0.15, 0.2) is 5.65 Å². The summed E-state index contributed by atoms with van der Waals surface area (Å²) in [6.45, 7) is 2.04. The van der Waals surface area contributed by atoms with E-state index in [-0.39, 0.29) is 0 Å². The fourth-order valence-corrected chi connectivity index (χ4v) is 2.82. The third kappa shape index (κ3) is 2.23. The Bertz CT molecular complexity index is 752. The van der Waals surface area contributed by atoms with E-state index >= 15 is 0 Å². The molecule has 0 atom stereocenters. The molecule has 0 aliphatic carbocycles. The Balaban J connectivity index is 2.36. The summed E-state index contributed by atoms with van der Waals surface area (Å²) >= 11 is 8.33. The molecule has 19 heavy (non-hydrogen) atoms. The summed E-state index contributed by atoms with van der Waals surface area (Å²) in [4.78, 5) is 9.06. The average molecular weight is 384 g/mol. The highest BCUT2D eigenvalue weighted by Crippen LogP contribution is 2.24. The van der Waals surface area contributed by atoms with Gasteiger partial charge in [0.05, 0.1) is 5.88 Å². The maximum Gasteiger partial charge on any atom is 0.164 e. The summed E-state index contributed by atoms with van der Waals surface area (Å²) in [5.74, 6) is 1.18. The van der Waals surface area contributed by atoms with Crippen molar-refractivity contribution >= 4 is 45.4 Å². The van der Waals surface area contributed by atoms with E-state index in [4.69, 9.17) is 11.6 Å². The van der Waals surface area contributed by atoms with Gasteiger partial charge in [0.1, 0.15) is 11.3 Å². The summed E-state index contributed by atoms with van der Waals surface area (Å²) in [6.07, 6.45) is 1.81. The number of benzene rings is 1. The van der Waals surface area contributed by atoms with Crippen LogP contribution in [0.3, 0.4) is 0 Å². The quantitative estimate of drug-likeness (QED) is 0.493. The van der Waals surface area contributed by atoms with Crippen LogP contribution in [-0.2, 0) is 5.88 Å². The van der Waals surface area contributed by atoms with Gasteiger partial charge >= 0.3 is 0 Å². The Kier molecular flexibility index (Phi) is 3.45. The van der Waals surface area contributed by atoms with Gasteiger partial charge in [-0.3, -0.25) is 4.57 Å². The molecule has 5 heteroatoms. The molecule has 96 valence electrons. The second-order valence-corrected chi connectivity index (χ2v) is 5.79. The number of aryl methyl sites for hydroxylation is 1. The number of alkyl halides is 1. The third-order valence-electron chi connectivity index (χ3n) is 3.00. The van der Waals surface area contributed by atoms with Gasteiger partial charge in [0.25, 0.3) is 0 Å². The molecule has 2 heterocycles. The Morgan fingerprint density at radius 2 is 2.16 bits per heavy atom. The molecule has 0 aliphatic rings. The van der Waals surface area contributed by atoms with Gasteiger partial charge in [-0.15, -0.1) is 11.6 Å². The summed E-state index contributed by atoms with van der Waals surface area (Å²) in [5, 5.41) is 0. The molecule has 1 aromatic carbocycles. The number of hydrogen-bond acceptors (Lipinski definition) is 2. The van der Waals surface area contributed by atoms with Crippen molar-refractivity contribution in [2.75, 3.05) is 0 Å². The maximum absolute atomic E-state index is 6.03. The first-order valence-corrected chi connectivity index (χ1v) is 7.47. The van der Waals surface area contributed by atoms with E-state index in [1.54, 1.807) is 0 Å². The Labute approximate surface area is 129 Å². The highest BCUT2D eigenvalue weighted by Gasteiger charge is 2.14. The van der Waals surface area contributed by atoms with Gasteiger partial charge < -0.3 is 0 Å². The van der Waals surface area contributed by atoms with E-state index in [0.29, 0.717) is 5.88 Å². The van der Waals surface area contributed by atoms with E-state index in [0.717, 1.165) is 28.2 Å². The molecule has 0 amide bonds. The predicted molar refractivity (Wildman–Crippen MR) is 85.9 cm³/mol. The highest BCUT2D eigenvalue weighted by atomic mass is 127. The zero-order valence-corrected chi connectivity index (χ0v) is 13.2. The Hall–Kier alpha value is -1.14. The minimum Gasteiger partial charge on any atom is -0.280 e. The topological polar surface area (TPSA) is 30.7 Å². The maximum atomic E-state index is 6.03. The number of pyridine rings is 1. The number of hydrogen-bond donors (Lipinski definition) is 0. The van der Waals surface area contributed by atoms with Crippen molar-refractivity contribution in [2.24, 2.45) is 0 Å². The minimum atomic E-state index is 0.362. The Morgan fingerprint density at radius 3 is 2.89 bits per heavy atom. The largest absolute Gasteiger partial charge is 0.280 e. The van der Waals surface area contributed by atoms with Crippen LogP contribution in [0, 0.1) is 10.5 Å². The summed E-state index contributed by atoms with van der Waals surface area (Å²) in [6, 6.07) is 10.2. The first-order valence-electron chi connectivity index (χ1n) is 5.85. The third-order valence-corrected chi connectivity index (χ3v) is 3.91. The van der Waals surface area contributed by atoms with Crippen LogP contribution < -0.4 is 0 Å². The van der Waals surface area contributed by atoms with Crippen LogP contribution in [0.1, 0.15) is 11.4 Å². The molecule has 3 nitrogen and oxygen atoms in total. The SMILES string of the molecule is Cc1ccnc2c1nc(CCl)n2-c1cccc(I)c1. The van der Waals surface area contributed by atoms with E-state index in [2.05, 4.69) is 44.7 Å². The Morgan fingerprint density at radius 1 is 1.32 bits per heavy atom. The number of imidazole rings is 1. The van der Waals surface area contributed by atoms with Gasteiger partial charge in [-0.05, 0) is 59.3 Å². The lowest BCUT2D eigenvalue weighted by Crippen LogP contribution is -2.00. The predicted octanol–water partition coefficient (Wildman–Crippen LogP) is 4.07. The van der Waals surface area contributed by atoms with Crippen LogP contribution in [0.15, 0.2) is 36.5 Å². The molecule has 0 spiro atoms. The van der Waals surface area contributed by atoms with Crippen molar-refractivity contribution in [1.82, 2.24) is 14.5 Å². The van der Waals surface area contributed by atoms with Gasteiger partial charge in [-0.1, -0.05) is 6.07 Å². The van der Waals surface area contributed by atoms with Crippen molar-refractivity contribution in [2.45, 2.75) is 12.8 Å². The van der Waals surface area contributed by atoms with Crippen molar-refractivity contribution in [3.8, 4) is 5.69 Å². The zero-order valence-electron chi connectivity index (χ0n) is 10.3. The smallest absolute Gasteiger partial charge is 0.164 e. The molecule has 2 aromatic heterocycles. The number of fused-ring (bicyclic) bond motifs is 1. The number of aromatic nitrogens is 3. The monoisotopic (exact) mass is 383 g/mol. The van der Waals surface area contributed by atoms with Crippen LogP contribution in [0.4, 0.5) is 0 Å². The molecule has 0 fully saturated rings. The molecule has 0 unspecified atom stereocenters. The van der Waals surface area contributed by atoms with Crippen molar-refractivity contribution in [3.63, 3.8) is 0 Å². The summed E-state index contributed by atoms with van der Waals surface area (Å²) in [7, 11) is 0. The van der Waals surface area contributed by atoms with Gasteiger partial charge in [-0.2, -0.15) is 0 Å². The second kappa shape index (κ2) is 5.09. The normalized spacial score (nSPS) is 11.1. The van der Waals surface area contributed by atoms with Crippen molar-refractivity contribution in [1.29, 1.82) is 0 Å². The first kappa shape index (κ1) is 12.9. The average Bonchev–Trinajstić information content (AvgIpc) is 2.78. The first-order chi connectivity index (χ1) is 9.20. The number of rotatable bonds is 2.